The molecule has 1 aliphatic rings. The zero-order valence-electron chi connectivity index (χ0n) is 7.60. The van der Waals surface area contributed by atoms with E-state index in [2.05, 4.69) is 15.9 Å². The molecule has 1 fully saturated rings. The Kier molecular flexibility index (Phi) is 2.73. The van der Waals surface area contributed by atoms with Gasteiger partial charge in [0.2, 0.25) is 5.82 Å². The lowest BCUT2D eigenvalue weighted by atomic mass is 9.94. The lowest BCUT2D eigenvalue weighted by Gasteiger charge is -2.25. The monoisotopic (exact) mass is 276 g/mol. The molecule has 0 saturated heterocycles. The molecule has 1 aromatic rings. The van der Waals surface area contributed by atoms with E-state index >= 15 is 0 Å². The summed E-state index contributed by atoms with van der Waals surface area (Å²) in [4.78, 5) is 10.7. The summed E-state index contributed by atoms with van der Waals surface area (Å²) in [5.41, 5.74) is 0. The highest BCUT2D eigenvalue weighted by molar-refractivity contribution is 9.10. The molecule has 1 aliphatic carbocycles. The van der Waals surface area contributed by atoms with Gasteiger partial charge in [-0.15, -0.1) is 0 Å². The smallest absolute Gasteiger partial charge is 0.200 e. The number of rotatable bonds is 2. The van der Waals surface area contributed by atoms with Gasteiger partial charge in [0.15, 0.2) is 11.6 Å². The fraction of sp³-hybridized carbons (Fsp3) is 0.300. The molecule has 0 spiro atoms. The Morgan fingerprint density at radius 3 is 2.60 bits per heavy atom. The predicted molar refractivity (Wildman–Crippen MR) is 52.7 cm³/mol. The van der Waals surface area contributed by atoms with Crippen molar-refractivity contribution in [1.29, 1.82) is 0 Å². The molecule has 0 aliphatic heterocycles. The topological polar surface area (TPSA) is 26.3 Å². The minimum atomic E-state index is -1.02. The third kappa shape index (κ3) is 2.17. The van der Waals surface area contributed by atoms with Gasteiger partial charge in [-0.05, 0) is 12.1 Å². The Morgan fingerprint density at radius 1 is 1.33 bits per heavy atom. The minimum absolute atomic E-state index is 0.0795. The second-order valence-electron chi connectivity index (χ2n) is 3.39. The average Bonchev–Trinajstić information content (AvgIpc) is 2.10. The molecule has 0 bridgehead atoms. The molecule has 5 heteroatoms. The summed E-state index contributed by atoms with van der Waals surface area (Å²) in [6.45, 7) is 0. The van der Waals surface area contributed by atoms with E-state index in [1.807, 2.05) is 0 Å². The van der Waals surface area contributed by atoms with E-state index in [1.165, 1.54) is 6.07 Å². The molecule has 1 saturated carbocycles. The van der Waals surface area contributed by atoms with Crippen molar-refractivity contribution in [3.8, 4) is 5.75 Å². The summed E-state index contributed by atoms with van der Waals surface area (Å²) >= 11 is 3.04. The summed E-state index contributed by atoms with van der Waals surface area (Å²) in [6, 6.07) is 2.37. The van der Waals surface area contributed by atoms with Gasteiger partial charge in [-0.25, -0.2) is 4.39 Å². The van der Waals surface area contributed by atoms with Crippen molar-refractivity contribution in [3.63, 3.8) is 0 Å². The van der Waals surface area contributed by atoms with Gasteiger partial charge in [0.25, 0.3) is 0 Å². The summed E-state index contributed by atoms with van der Waals surface area (Å²) in [5, 5.41) is 0. The van der Waals surface area contributed by atoms with Gasteiger partial charge >= 0.3 is 0 Å². The molecular formula is C10H7BrF2O2. The third-order valence-electron chi connectivity index (χ3n) is 2.16. The Bertz CT molecular complexity index is 412. The lowest BCUT2D eigenvalue weighted by Crippen LogP contribution is -2.34. The predicted octanol–water partition coefficient (Wildman–Crippen LogP) is 2.84. The highest BCUT2D eigenvalue weighted by Crippen LogP contribution is 2.29. The zero-order valence-corrected chi connectivity index (χ0v) is 9.18. The molecule has 2 rings (SSSR count). The Labute approximate surface area is 93.4 Å². The number of hydrogen-bond donors (Lipinski definition) is 0. The second kappa shape index (κ2) is 3.89. The van der Waals surface area contributed by atoms with E-state index in [0.29, 0.717) is 4.47 Å². The molecular weight excluding hydrogens is 270 g/mol. The molecule has 1 aromatic carbocycles. The van der Waals surface area contributed by atoms with Crippen LogP contribution in [0.2, 0.25) is 0 Å². The van der Waals surface area contributed by atoms with Crippen molar-refractivity contribution in [3.05, 3.63) is 28.2 Å². The second-order valence-corrected chi connectivity index (χ2v) is 4.30. The maximum absolute atomic E-state index is 13.2. The number of hydrogen-bond acceptors (Lipinski definition) is 2. The molecule has 0 atom stereocenters. The first kappa shape index (κ1) is 10.5. The molecule has 0 radical (unpaired) electrons. The Balaban J connectivity index is 2.17. The first-order valence-electron chi connectivity index (χ1n) is 4.39. The van der Waals surface area contributed by atoms with E-state index in [4.69, 9.17) is 4.74 Å². The van der Waals surface area contributed by atoms with Crippen LogP contribution in [0.15, 0.2) is 16.6 Å². The van der Waals surface area contributed by atoms with Gasteiger partial charge in [0.1, 0.15) is 11.9 Å². The van der Waals surface area contributed by atoms with Gasteiger partial charge in [-0.3, -0.25) is 4.79 Å². The molecule has 0 aromatic heterocycles. The number of carbonyl (C=O) groups is 1. The number of ether oxygens (including phenoxy) is 1. The maximum atomic E-state index is 13.2. The van der Waals surface area contributed by atoms with Crippen molar-refractivity contribution >= 4 is 21.7 Å². The van der Waals surface area contributed by atoms with Gasteiger partial charge in [0.05, 0.1) is 0 Å². The maximum Gasteiger partial charge on any atom is 0.200 e. The molecule has 15 heavy (non-hydrogen) atoms. The number of Topliss-reactive ketones (excluding diaryl/α,β-unsaturated/α-hetero) is 1. The van der Waals surface area contributed by atoms with Crippen LogP contribution in [0.1, 0.15) is 12.8 Å². The van der Waals surface area contributed by atoms with E-state index < -0.39 is 11.6 Å². The van der Waals surface area contributed by atoms with E-state index in [1.54, 1.807) is 0 Å². The number of carbonyl (C=O) groups excluding carboxylic acids is 1. The highest BCUT2D eigenvalue weighted by Gasteiger charge is 2.29. The summed E-state index contributed by atoms with van der Waals surface area (Å²) < 4.78 is 31.7. The number of ketones is 1. The third-order valence-corrected chi connectivity index (χ3v) is 2.62. The van der Waals surface area contributed by atoms with Crippen molar-refractivity contribution in [2.75, 3.05) is 0 Å². The molecule has 0 amide bonds. The van der Waals surface area contributed by atoms with E-state index in [-0.39, 0.29) is 30.5 Å². The van der Waals surface area contributed by atoms with Crippen molar-refractivity contribution < 1.29 is 18.3 Å². The summed E-state index contributed by atoms with van der Waals surface area (Å²) in [6.07, 6.45) is 0.224. The fourth-order valence-electron chi connectivity index (χ4n) is 1.33. The minimum Gasteiger partial charge on any atom is -0.486 e. The first-order valence-corrected chi connectivity index (χ1v) is 5.18. The van der Waals surface area contributed by atoms with Crippen LogP contribution in [0.25, 0.3) is 0 Å². The van der Waals surface area contributed by atoms with Gasteiger partial charge < -0.3 is 4.74 Å². The van der Waals surface area contributed by atoms with Crippen molar-refractivity contribution in [1.82, 2.24) is 0 Å². The van der Waals surface area contributed by atoms with Crippen LogP contribution in [-0.4, -0.2) is 11.9 Å². The Morgan fingerprint density at radius 2 is 2.00 bits per heavy atom. The molecule has 0 N–H and O–H groups in total. The average molecular weight is 277 g/mol. The molecule has 2 nitrogen and oxygen atoms in total. The normalized spacial score (nSPS) is 16.3. The van der Waals surface area contributed by atoms with E-state index in [0.717, 1.165) is 6.07 Å². The zero-order chi connectivity index (χ0) is 11.0. The summed E-state index contributed by atoms with van der Waals surface area (Å²) in [5.74, 6) is -2.06. The van der Waals surface area contributed by atoms with Crippen LogP contribution < -0.4 is 4.74 Å². The van der Waals surface area contributed by atoms with Crippen molar-refractivity contribution in [2.45, 2.75) is 18.9 Å². The van der Waals surface area contributed by atoms with Gasteiger partial charge in [-0.1, -0.05) is 15.9 Å². The molecule has 80 valence electrons. The number of benzene rings is 1. The first-order chi connectivity index (χ1) is 7.06. The lowest BCUT2D eigenvalue weighted by molar-refractivity contribution is -0.129. The highest BCUT2D eigenvalue weighted by atomic mass is 79.9. The SMILES string of the molecule is O=C1CC(Oc2cc(Br)cc(F)c2F)C1. The van der Waals surface area contributed by atoms with Crippen LogP contribution >= 0.6 is 15.9 Å². The summed E-state index contributed by atoms with van der Waals surface area (Å²) in [7, 11) is 0. The van der Waals surface area contributed by atoms with Crippen molar-refractivity contribution in [2.24, 2.45) is 0 Å². The van der Waals surface area contributed by atoms with Crippen LogP contribution in [0, 0.1) is 11.6 Å². The van der Waals surface area contributed by atoms with Gasteiger partial charge in [-0.2, -0.15) is 4.39 Å². The standard InChI is InChI=1S/C10H7BrF2O2/c11-5-1-8(12)10(13)9(2-5)15-7-3-6(14)4-7/h1-2,7H,3-4H2. The quantitative estimate of drug-likeness (QED) is 0.777. The Hall–Kier alpha value is -0.970. The van der Waals surface area contributed by atoms with E-state index in [9.17, 15) is 13.6 Å². The van der Waals surface area contributed by atoms with Gasteiger partial charge in [0, 0.05) is 17.3 Å². The molecule has 0 unspecified atom stereocenters. The fourth-order valence-corrected chi connectivity index (χ4v) is 1.74. The largest absolute Gasteiger partial charge is 0.486 e. The van der Waals surface area contributed by atoms with Crippen LogP contribution in [0.5, 0.6) is 5.75 Å². The van der Waals surface area contributed by atoms with Crippen LogP contribution in [0.3, 0.4) is 0 Å². The number of halogens is 3. The van der Waals surface area contributed by atoms with Crippen LogP contribution in [0.4, 0.5) is 8.78 Å². The molecule has 0 heterocycles. The van der Waals surface area contributed by atoms with Crippen LogP contribution in [-0.2, 0) is 4.79 Å².